The van der Waals surface area contributed by atoms with Gasteiger partial charge in [-0.15, -0.1) is 0 Å². The number of nitrogens with zero attached hydrogens (tertiary/aromatic N) is 3. The molecule has 0 spiro atoms. The van der Waals surface area contributed by atoms with Gasteiger partial charge in [0.15, 0.2) is 34.6 Å². The smallest absolute Gasteiger partial charge is 0.337 e. The second kappa shape index (κ2) is 20.9. The zero-order chi connectivity index (χ0) is 59.7. The molecule has 8 aromatic rings. The molecule has 418 valence electrons. The van der Waals surface area contributed by atoms with Gasteiger partial charge in [0, 0.05) is 63.6 Å². The van der Waals surface area contributed by atoms with Crippen molar-refractivity contribution in [3.63, 3.8) is 0 Å². The summed E-state index contributed by atoms with van der Waals surface area (Å²) in [5.74, 6) is -2.35. The number of ketones is 4. The highest BCUT2D eigenvalue weighted by Gasteiger charge is 2.40. The summed E-state index contributed by atoms with van der Waals surface area (Å²) in [6, 6.07) is 44.7. The summed E-state index contributed by atoms with van der Waals surface area (Å²) in [6.07, 6.45) is 3.81. The number of esters is 1. The molecule has 8 aromatic carbocycles. The van der Waals surface area contributed by atoms with E-state index in [-0.39, 0.29) is 84.7 Å². The lowest BCUT2D eigenvalue weighted by atomic mass is 9.78. The molecule has 0 fully saturated rings. The molecule has 16 nitrogen and oxygen atoms in total. The van der Waals surface area contributed by atoms with Gasteiger partial charge in [-0.25, -0.2) is 4.79 Å². The Morgan fingerprint density at radius 2 is 1.04 bits per heavy atom. The van der Waals surface area contributed by atoms with E-state index in [4.69, 9.17) is 25.7 Å². The van der Waals surface area contributed by atoms with E-state index in [9.17, 15) is 39.0 Å². The number of para-hydroxylation sites is 1. The van der Waals surface area contributed by atoms with E-state index in [2.05, 4.69) is 23.8 Å². The number of fused-ring (bicyclic) bond motifs is 5. The highest BCUT2D eigenvalue weighted by atomic mass is 16.5. The molecule has 0 saturated carbocycles. The number of amides is 1. The minimum atomic E-state index is -0.496. The molecule has 84 heavy (non-hydrogen) atoms. The van der Waals surface area contributed by atoms with E-state index in [1.165, 1.54) is 36.4 Å². The topological polar surface area (TPSA) is 241 Å². The number of phenols is 2. The number of anilines is 4. The van der Waals surface area contributed by atoms with Crippen molar-refractivity contribution in [2.75, 3.05) is 35.5 Å². The van der Waals surface area contributed by atoms with E-state index >= 15 is 0 Å². The van der Waals surface area contributed by atoms with Crippen molar-refractivity contribution >= 4 is 63.5 Å². The van der Waals surface area contributed by atoms with Gasteiger partial charge in [-0.05, 0) is 90.4 Å². The molecule has 2 heterocycles. The maximum absolute atomic E-state index is 13.3. The van der Waals surface area contributed by atoms with Gasteiger partial charge in [0.25, 0.3) is 5.91 Å². The molecule has 0 bridgehead atoms. The first kappa shape index (κ1) is 55.1. The predicted octanol–water partition coefficient (Wildman–Crippen LogP) is 12.2. The first-order valence-corrected chi connectivity index (χ1v) is 26.7. The number of nitrogens with two attached hydrogens (primary N) is 2. The fourth-order valence-electron chi connectivity index (χ4n) is 11.2. The third-order valence-electron chi connectivity index (χ3n) is 15.9. The molecule has 16 heteroatoms. The maximum atomic E-state index is 13.3. The Labute approximate surface area is 483 Å². The van der Waals surface area contributed by atoms with Gasteiger partial charge in [-0.3, -0.25) is 24.0 Å². The standard InChI is InChI=1S/C43H30N2O8.C25H25N3O3/c1-43(2,21-11-15-23(16-12-21)52-31-19-29(46)33-35(37(31)44)41(50)27-9-5-3-7-25(27)39(33)48)22-13-17-24(18-14-22)53-32-20-30(47)34-36(38(32)45)42(51)28-10-6-4-8-26(28)40(34)49;1-16-19(23(29)28(26-16)18-9-7-6-8-10-18)12-14-22-25(2,3)20-15-17(24(30)31-5)11-13-21(20)27(22)4/h3-20,46-47H,44-45H2,1-2H3;6-15H,1-5H3/b;19-12+,22-14-. The molecule has 0 atom stereocenters. The van der Waals surface area contributed by atoms with Crippen LogP contribution in [0.4, 0.5) is 22.7 Å². The Morgan fingerprint density at radius 3 is 1.49 bits per heavy atom. The predicted molar refractivity (Wildman–Crippen MR) is 319 cm³/mol. The van der Waals surface area contributed by atoms with Crippen molar-refractivity contribution in [2.24, 2.45) is 5.10 Å². The lowest BCUT2D eigenvalue weighted by molar-refractivity contribution is -0.114. The van der Waals surface area contributed by atoms with Crippen molar-refractivity contribution in [1.82, 2.24) is 0 Å². The first-order valence-electron chi connectivity index (χ1n) is 26.7. The monoisotopic (exact) mass is 1120 g/mol. The Morgan fingerprint density at radius 1 is 0.595 bits per heavy atom. The molecule has 0 unspecified atom stereocenters. The number of hydrogen-bond acceptors (Lipinski definition) is 15. The largest absolute Gasteiger partial charge is 0.507 e. The van der Waals surface area contributed by atoms with Crippen LogP contribution in [0.1, 0.15) is 125 Å². The number of aromatic hydroxyl groups is 2. The number of carbonyl (C=O) groups excluding carboxylic acids is 6. The summed E-state index contributed by atoms with van der Waals surface area (Å²) in [6.45, 7) is 10.1. The van der Waals surface area contributed by atoms with Crippen LogP contribution in [0.2, 0.25) is 0 Å². The molecule has 6 N–H and O–H groups in total. The fraction of sp³-hybridized carbons (Fsp3) is 0.132. The van der Waals surface area contributed by atoms with Gasteiger partial charge in [0.1, 0.15) is 23.0 Å². The molecular formula is C68H55N5O11. The Kier molecular flexibility index (Phi) is 13.7. The van der Waals surface area contributed by atoms with Gasteiger partial charge in [-0.2, -0.15) is 10.1 Å². The number of allylic oxidation sites excluding steroid dienone is 3. The molecule has 0 saturated heterocycles. The number of hydrogen-bond donors (Lipinski definition) is 4. The molecule has 12 rings (SSSR count). The van der Waals surface area contributed by atoms with Crippen LogP contribution >= 0.6 is 0 Å². The third-order valence-corrected chi connectivity index (χ3v) is 15.9. The van der Waals surface area contributed by atoms with E-state index in [1.807, 2.05) is 107 Å². The molecular weight excluding hydrogens is 1060 g/mol. The second-order valence-corrected chi connectivity index (χ2v) is 21.6. The normalized spacial score (nSPS) is 15.6. The summed E-state index contributed by atoms with van der Waals surface area (Å²) in [4.78, 5) is 80.0. The van der Waals surface area contributed by atoms with Crippen LogP contribution in [0, 0.1) is 0 Å². The average Bonchev–Trinajstić information content (AvgIpc) is 1.70. The SMILES string of the molecule is CC(C)(c1ccc(Oc2cc(O)c3c(c2N)C(=O)c2ccccc2C3=O)cc1)c1ccc(Oc2cc(O)c3c(c2N)C(=O)c2ccccc2C3=O)cc1.COC(=O)c1ccc2c(c1)C(C)(C)/C(=C/C=C1/C(=O)N(c3ccccc3)N=C1C)N2C. The van der Waals surface area contributed by atoms with Crippen LogP contribution in [0.15, 0.2) is 186 Å². The number of methoxy groups -OCH3 is 1. The summed E-state index contributed by atoms with van der Waals surface area (Å²) in [7, 11) is 3.37. The van der Waals surface area contributed by atoms with Gasteiger partial charge in [-0.1, -0.05) is 119 Å². The highest BCUT2D eigenvalue weighted by molar-refractivity contribution is 6.33. The van der Waals surface area contributed by atoms with E-state index in [1.54, 1.807) is 66.7 Å². The number of benzene rings is 8. The van der Waals surface area contributed by atoms with Crippen LogP contribution in [0.25, 0.3) is 0 Å². The molecule has 2 aliphatic carbocycles. The summed E-state index contributed by atoms with van der Waals surface area (Å²) < 4.78 is 16.9. The fourth-order valence-corrected chi connectivity index (χ4v) is 11.2. The van der Waals surface area contributed by atoms with Crippen molar-refractivity contribution in [2.45, 2.75) is 45.4 Å². The number of carbonyl (C=O) groups is 6. The van der Waals surface area contributed by atoms with Crippen molar-refractivity contribution in [3.8, 4) is 34.5 Å². The average molecular weight is 1120 g/mol. The van der Waals surface area contributed by atoms with Crippen LogP contribution in [-0.2, 0) is 20.4 Å². The summed E-state index contributed by atoms with van der Waals surface area (Å²) in [5.41, 5.74) is 19.6. The molecule has 2 aliphatic heterocycles. The zero-order valence-electron chi connectivity index (χ0n) is 46.7. The number of likely N-dealkylation sites (N-methyl/N-ethyl adjacent to an activating group) is 1. The third kappa shape index (κ3) is 9.19. The van der Waals surface area contributed by atoms with Gasteiger partial charge in [0.2, 0.25) is 0 Å². The van der Waals surface area contributed by atoms with Crippen molar-refractivity contribution in [1.29, 1.82) is 0 Å². The Bertz CT molecular complexity index is 4080. The van der Waals surface area contributed by atoms with Crippen LogP contribution < -0.4 is 30.8 Å². The molecule has 4 aliphatic rings. The Balaban J connectivity index is 0.000000202. The minimum absolute atomic E-state index is 0.0399. The lowest BCUT2D eigenvalue weighted by Gasteiger charge is -2.27. The molecule has 0 aromatic heterocycles. The summed E-state index contributed by atoms with van der Waals surface area (Å²) >= 11 is 0. The number of nitrogen functional groups attached to an aromatic ring is 2. The van der Waals surface area contributed by atoms with Crippen LogP contribution in [0.5, 0.6) is 34.5 Å². The number of rotatable bonds is 9. The van der Waals surface area contributed by atoms with Gasteiger partial charge < -0.3 is 40.8 Å². The summed E-state index contributed by atoms with van der Waals surface area (Å²) in [5, 5.41) is 27.5. The molecule has 1 amide bonds. The second-order valence-electron chi connectivity index (χ2n) is 21.6. The number of ether oxygens (including phenoxy) is 3. The molecule has 0 radical (unpaired) electrons. The van der Waals surface area contributed by atoms with Gasteiger partial charge in [0.05, 0.1) is 63.3 Å². The number of hydrazone groups is 1. The highest BCUT2D eigenvalue weighted by Crippen LogP contribution is 2.49. The lowest BCUT2D eigenvalue weighted by Crippen LogP contribution is -2.23. The van der Waals surface area contributed by atoms with E-state index in [0.717, 1.165) is 33.8 Å². The van der Waals surface area contributed by atoms with Crippen molar-refractivity contribution < 1.29 is 53.2 Å². The first-order chi connectivity index (χ1) is 40.1. The maximum Gasteiger partial charge on any atom is 0.337 e. The van der Waals surface area contributed by atoms with Crippen LogP contribution in [-0.4, -0.2) is 65.1 Å². The van der Waals surface area contributed by atoms with E-state index in [0.29, 0.717) is 28.3 Å². The van der Waals surface area contributed by atoms with E-state index < -0.39 is 40.0 Å². The number of phenolic OH excluding ortho intramolecular Hbond substituents is 2. The van der Waals surface area contributed by atoms with Crippen molar-refractivity contribution in [3.05, 3.63) is 248 Å². The quantitative estimate of drug-likeness (QED) is 0.0455. The van der Waals surface area contributed by atoms with Gasteiger partial charge >= 0.3 is 5.97 Å². The minimum Gasteiger partial charge on any atom is -0.507 e. The zero-order valence-corrected chi connectivity index (χ0v) is 46.7. The van der Waals surface area contributed by atoms with Crippen LogP contribution in [0.3, 0.4) is 0 Å². The Hall–Kier alpha value is -10.9.